The van der Waals surface area contributed by atoms with Gasteiger partial charge >= 0.3 is 0 Å². The van der Waals surface area contributed by atoms with Gasteiger partial charge in [0.05, 0.1) is 5.75 Å². The monoisotopic (exact) mass is 407 g/mol. The summed E-state index contributed by atoms with van der Waals surface area (Å²) in [6.07, 6.45) is 0. The molecule has 3 aromatic rings. The third kappa shape index (κ3) is 4.72. The molecule has 0 aromatic heterocycles. The zero-order chi connectivity index (χ0) is 19.2. The normalized spacial score (nSPS) is 16.1. The maximum atomic E-state index is 12.8. The van der Waals surface area contributed by atoms with Crippen molar-refractivity contribution in [3.63, 3.8) is 0 Å². The fourth-order valence-corrected chi connectivity index (χ4v) is 5.18. The van der Waals surface area contributed by atoms with E-state index in [0.29, 0.717) is 5.75 Å². The summed E-state index contributed by atoms with van der Waals surface area (Å²) in [5.41, 5.74) is 1.11. The first-order valence-electron chi connectivity index (χ1n) is 9.21. The van der Waals surface area contributed by atoms with Crippen LogP contribution in [0.5, 0.6) is 11.5 Å². The van der Waals surface area contributed by atoms with Crippen molar-refractivity contribution in [2.45, 2.75) is 10.3 Å². The lowest BCUT2D eigenvalue weighted by atomic mass is 10.2. The van der Waals surface area contributed by atoms with Crippen molar-refractivity contribution in [1.82, 2.24) is 4.90 Å². The SMILES string of the molecule is O=C(CSc1ccccc1)N1CCSC1c1cccc(Oc2ccccc2)c1. The lowest BCUT2D eigenvalue weighted by molar-refractivity contribution is -0.128. The summed E-state index contributed by atoms with van der Waals surface area (Å²) in [6.45, 7) is 0.785. The van der Waals surface area contributed by atoms with Crippen molar-refractivity contribution in [2.24, 2.45) is 0 Å². The number of thioether (sulfide) groups is 2. The summed E-state index contributed by atoms with van der Waals surface area (Å²) in [5.74, 6) is 3.20. The van der Waals surface area contributed by atoms with Crippen molar-refractivity contribution in [1.29, 1.82) is 0 Å². The molecule has 1 saturated heterocycles. The van der Waals surface area contributed by atoms with Crippen molar-refractivity contribution in [3.05, 3.63) is 90.5 Å². The zero-order valence-corrected chi connectivity index (χ0v) is 17.0. The fourth-order valence-electron chi connectivity index (χ4n) is 3.10. The molecule has 1 atom stereocenters. The number of nitrogens with zero attached hydrogens (tertiary/aromatic N) is 1. The molecule has 1 fully saturated rings. The van der Waals surface area contributed by atoms with Gasteiger partial charge in [0.1, 0.15) is 16.9 Å². The molecule has 0 spiro atoms. The molecule has 0 N–H and O–H groups in total. The van der Waals surface area contributed by atoms with Gasteiger partial charge in [0.15, 0.2) is 0 Å². The molecule has 1 amide bonds. The van der Waals surface area contributed by atoms with Crippen LogP contribution in [0, 0.1) is 0 Å². The Labute approximate surface area is 174 Å². The second-order valence-electron chi connectivity index (χ2n) is 6.40. The lowest BCUT2D eigenvalue weighted by Gasteiger charge is -2.24. The number of rotatable bonds is 6. The minimum Gasteiger partial charge on any atom is -0.457 e. The van der Waals surface area contributed by atoms with E-state index >= 15 is 0 Å². The minimum absolute atomic E-state index is 0.0446. The van der Waals surface area contributed by atoms with Crippen LogP contribution in [0.2, 0.25) is 0 Å². The summed E-state index contributed by atoms with van der Waals surface area (Å²) in [4.78, 5) is 15.9. The number of ether oxygens (including phenoxy) is 1. The first-order valence-corrected chi connectivity index (χ1v) is 11.2. The van der Waals surface area contributed by atoms with Crippen LogP contribution in [0.15, 0.2) is 89.8 Å². The summed E-state index contributed by atoms with van der Waals surface area (Å²) < 4.78 is 5.96. The average Bonchev–Trinajstić information content (AvgIpc) is 3.24. The smallest absolute Gasteiger partial charge is 0.234 e. The van der Waals surface area contributed by atoms with Crippen LogP contribution in [0.4, 0.5) is 0 Å². The molecule has 1 heterocycles. The largest absolute Gasteiger partial charge is 0.457 e. The van der Waals surface area contributed by atoms with Crippen LogP contribution in [0.1, 0.15) is 10.9 Å². The van der Waals surface area contributed by atoms with Gasteiger partial charge in [0.25, 0.3) is 0 Å². The van der Waals surface area contributed by atoms with E-state index in [1.807, 2.05) is 95.5 Å². The predicted molar refractivity (Wildman–Crippen MR) is 117 cm³/mol. The highest BCUT2D eigenvalue weighted by Gasteiger charge is 2.30. The molecule has 3 aromatic carbocycles. The molecule has 0 bridgehead atoms. The number of para-hydroxylation sites is 1. The van der Waals surface area contributed by atoms with E-state index < -0.39 is 0 Å². The maximum absolute atomic E-state index is 12.8. The standard InChI is InChI=1S/C23H21NO2S2/c25-22(17-28-21-12-5-2-6-13-21)24-14-15-27-23(24)18-8-7-11-20(16-18)26-19-9-3-1-4-10-19/h1-13,16,23H,14-15,17H2. The average molecular weight is 408 g/mol. The third-order valence-electron chi connectivity index (χ3n) is 4.44. The van der Waals surface area contributed by atoms with Crippen molar-refractivity contribution in [2.75, 3.05) is 18.1 Å². The Kier molecular flexibility index (Phi) is 6.24. The van der Waals surface area contributed by atoms with Gasteiger partial charge in [-0.25, -0.2) is 0 Å². The Morgan fingerprint density at radius 1 is 0.964 bits per heavy atom. The first-order chi connectivity index (χ1) is 13.8. The zero-order valence-electron chi connectivity index (χ0n) is 15.4. The van der Waals surface area contributed by atoms with Crippen molar-refractivity contribution in [3.8, 4) is 11.5 Å². The predicted octanol–water partition coefficient (Wildman–Crippen LogP) is 5.85. The first kappa shape index (κ1) is 19.0. The van der Waals surface area contributed by atoms with Crippen LogP contribution in [0.3, 0.4) is 0 Å². The summed E-state index contributed by atoms with van der Waals surface area (Å²) >= 11 is 3.40. The van der Waals surface area contributed by atoms with Crippen molar-refractivity contribution >= 4 is 29.4 Å². The second-order valence-corrected chi connectivity index (χ2v) is 8.64. The molecule has 142 valence electrons. The highest BCUT2D eigenvalue weighted by Crippen LogP contribution is 2.39. The highest BCUT2D eigenvalue weighted by atomic mass is 32.2. The number of carbonyl (C=O) groups excluding carboxylic acids is 1. The molecule has 0 aliphatic carbocycles. The Morgan fingerprint density at radius 3 is 2.46 bits per heavy atom. The van der Waals surface area contributed by atoms with Crippen LogP contribution in [-0.4, -0.2) is 28.9 Å². The second kappa shape index (κ2) is 9.22. The maximum Gasteiger partial charge on any atom is 0.234 e. The van der Waals surface area contributed by atoms with Gasteiger partial charge in [-0.05, 0) is 42.0 Å². The molecular weight excluding hydrogens is 386 g/mol. The van der Waals surface area contributed by atoms with Crippen molar-refractivity contribution < 1.29 is 9.53 Å². The van der Waals surface area contributed by atoms with Gasteiger partial charge in [-0.1, -0.05) is 48.5 Å². The molecule has 28 heavy (non-hydrogen) atoms. The Morgan fingerprint density at radius 2 is 1.68 bits per heavy atom. The third-order valence-corrected chi connectivity index (χ3v) is 6.70. The molecule has 0 saturated carbocycles. The minimum atomic E-state index is 0.0446. The fraction of sp³-hybridized carbons (Fsp3) is 0.174. The van der Waals surface area contributed by atoms with E-state index in [9.17, 15) is 4.79 Å². The van der Waals surface area contributed by atoms with Crippen LogP contribution >= 0.6 is 23.5 Å². The Balaban J connectivity index is 1.44. The van der Waals surface area contributed by atoms with E-state index in [0.717, 1.165) is 34.3 Å². The van der Waals surface area contributed by atoms with Gasteiger partial charge in [0, 0.05) is 17.2 Å². The van der Waals surface area contributed by atoms with Gasteiger partial charge in [-0.2, -0.15) is 0 Å². The number of carbonyl (C=O) groups is 1. The van der Waals surface area contributed by atoms with E-state index in [4.69, 9.17) is 4.74 Å². The van der Waals surface area contributed by atoms with Gasteiger partial charge in [-0.15, -0.1) is 23.5 Å². The Bertz CT molecular complexity index is 918. The molecular formula is C23H21NO2S2. The van der Waals surface area contributed by atoms with E-state index in [-0.39, 0.29) is 11.3 Å². The summed E-state index contributed by atoms with van der Waals surface area (Å²) in [7, 11) is 0. The molecule has 3 nitrogen and oxygen atoms in total. The quantitative estimate of drug-likeness (QED) is 0.480. The van der Waals surface area contributed by atoms with E-state index in [2.05, 4.69) is 6.07 Å². The van der Waals surface area contributed by atoms with Gasteiger partial charge in [-0.3, -0.25) is 4.79 Å². The topological polar surface area (TPSA) is 29.5 Å². The van der Waals surface area contributed by atoms with Gasteiger partial charge < -0.3 is 9.64 Å². The highest BCUT2D eigenvalue weighted by molar-refractivity contribution is 8.00. The van der Waals surface area contributed by atoms with Crippen LogP contribution < -0.4 is 4.74 Å². The summed E-state index contributed by atoms with van der Waals surface area (Å²) in [5, 5.41) is 0.0446. The summed E-state index contributed by atoms with van der Waals surface area (Å²) in [6, 6.07) is 27.9. The van der Waals surface area contributed by atoms with E-state index in [1.165, 1.54) is 0 Å². The van der Waals surface area contributed by atoms with Crippen LogP contribution in [0.25, 0.3) is 0 Å². The molecule has 1 aliphatic heterocycles. The number of benzene rings is 3. The number of amides is 1. The number of hydrogen-bond donors (Lipinski definition) is 0. The molecule has 5 heteroatoms. The molecule has 1 unspecified atom stereocenters. The van der Waals surface area contributed by atoms with Gasteiger partial charge in [0.2, 0.25) is 5.91 Å². The van der Waals surface area contributed by atoms with Crippen LogP contribution in [-0.2, 0) is 4.79 Å². The molecule has 0 radical (unpaired) electrons. The molecule has 4 rings (SSSR count). The Hall–Kier alpha value is -2.37. The molecule has 1 aliphatic rings. The lowest BCUT2D eigenvalue weighted by Crippen LogP contribution is -2.31. The van der Waals surface area contributed by atoms with E-state index in [1.54, 1.807) is 11.8 Å². The number of hydrogen-bond acceptors (Lipinski definition) is 4.